The maximum absolute atomic E-state index is 14.0. The first kappa shape index (κ1) is 28.9. The molecule has 1 unspecified atom stereocenters. The Balaban J connectivity index is 2.00. The lowest BCUT2D eigenvalue weighted by Gasteiger charge is -2.33. The molecule has 2 amide bonds. The van der Waals surface area contributed by atoms with Gasteiger partial charge in [-0.05, 0) is 49.6 Å². The number of carbonyl (C=O) groups excluding carboxylic acids is 2. The number of unbranched alkanes of at least 4 members (excludes halogenated alkanes) is 1. The summed E-state index contributed by atoms with van der Waals surface area (Å²) in [5, 5.41) is 2.94. The van der Waals surface area contributed by atoms with Gasteiger partial charge in [0.05, 0.1) is 10.6 Å². The molecule has 0 spiro atoms. The predicted molar refractivity (Wildman–Crippen MR) is 151 cm³/mol. The molecule has 0 saturated carbocycles. The average Bonchev–Trinajstić information content (AvgIpc) is 2.93. The maximum Gasteiger partial charge on any atom is 0.264 e. The van der Waals surface area contributed by atoms with E-state index in [4.69, 9.17) is 0 Å². The Labute approximate surface area is 226 Å². The van der Waals surface area contributed by atoms with Crippen LogP contribution in [0.25, 0.3) is 0 Å². The third kappa shape index (κ3) is 7.44. The normalized spacial score (nSPS) is 12.0. The van der Waals surface area contributed by atoms with Gasteiger partial charge in [0, 0.05) is 13.1 Å². The molecule has 3 rings (SSSR count). The number of nitrogens with zero attached hydrogens (tertiary/aromatic N) is 2. The van der Waals surface area contributed by atoms with E-state index in [1.54, 1.807) is 30.3 Å². The number of benzene rings is 3. The molecule has 38 heavy (non-hydrogen) atoms. The van der Waals surface area contributed by atoms with E-state index >= 15 is 0 Å². The Morgan fingerprint density at radius 3 is 2.05 bits per heavy atom. The molecular weight excluding hydrogens is 498 g/mol. The number of anilines is 1. The third-order valence-electron chi connectivity index (χ3n) is 6.34. The number of hydrogen-bond donors (Lipinski definition) is 1. The fraction of sp³-hybridized carbons (Fsp3) is 0.333. The van der Waals surface area contributed by atoms with Crippen LogP contribution < -0.4 is 9.62 Å². The Morgan fingerprint density at radius 2 is 1.47 bits per heavy atom. The molecule has 0 aromatic heterocycles. The van der Waals surface area contributed by atoms with Crippen molar-refractivity contribution in [3.05, 3.63) is 96.1 Å². The van der Waals surface area contributed by atoms with Crippen molar-refractivity contribution < 1.29 is 18.0 Å². The average molecular weight is 536 g/mol. The topological polar surface area (TPSA) is 86.8 Å². The monoisotopic (exact) mass is 535 g/mol. The quantitative estimate of drug-likeness (QED) is 0.315. The van der Waals surface area contributed by atoms with Crippen LogP contribution in [0.1, 0.15) is 44.2 Å². The number of aryl methyl sites for hydroxylation is 1. The van der Waals surface area contributed by atoms with E-state index in [2.05, 4.69) is 5.32 Å². The lowest BCUT2D eigenvalue weighted by molar-refractivity contribution is -0.140. The molecule has 0 aliphatic carbocycles. The Bertz CT molecular complexity index is 1280. The van der Waals surface area contributed by atoms with Gasteiger partial charge in [0.15, 0.2) is 0 Å². The Hall–Kier alpha value is -3.65. The number of hydrogen-bond acceptors (Lipinski definition) is 4. The van der Waals surface area contributed by atoms with Crippen LogP contribution in [0.15, 0.2) is 89.8 Å². The highest BCUT2D eigenvalue weighted by Gasteiger charge is 2.33. The molecule has 1 N–H and O–H groups in total. The molecule has 8 heteroatoms. The summed E-state index contributed by atoms with van der Waals surface area (Å²) in [6.07, 6.45) is 2.17. The smallest absolute Gasteiger partial charge is 0.264 e. The van der Waals surface area contributed by atoms with E-state index in [1.165, 1.54) is 17.0 Å². The van der Waals surface area contributed by atoms with E-state index in [1.807, 2.05) is 63.2 Å². The van der Waals surface area contributed by atoms with Crippen LogP contribution in [0.5, 0.6) is 0 Å². The molecule has 0 radical (unpaired) electrons. The van der Waals surface area contributed by atoms with Gasteiger partial charge in [-0.2, -0.15) is 0 Å². The van der Waals surface area contributed by atoms with Crippen LogP contribution in [0.2, 0.25) is 0 Å². The fourth-order valence-corrected chi connectivity index (χ4v) is 5.60. The van der Waals surface area contributed by atoms with Gasteiger partial charge in [-0.15, -0.1) is 0 Å². The largest absolute Gasteiger partial charge is 0.354 e. The second kappa shape index (κ2) is 13.8. The zero-order chi connectivity index (χ0) is 27.5. The highest BCUT2D eigenvalue weighted by Crippen LogP contribution is 2.25. The SMILES string of the molecule is CCCCNC(=O)C(CC)N(Cc1ccccc1)C(=O)CN(c1ccc(C)cc1)S(=O)(=O)c1ccccc1. The van der Waals surface area contributed by atoms with Crippen molar-refractivity contribution in [3.8, 4) is 0 Å². The number of carbonyl (C=O) groups is 2. The van der Waals surface area contributed by atoms with E-state index in [-0.39, 0.29) is 17.3 Å². The van der Waals surface area contributed by atoms with Gasteiger partial charge in [-0.25, -0.2) is 8.42 Å². The maximum atomic E-state index is 14.0. The van der Waals surface area contributed by atoms with E-state index in [0.29, 0.717) is 18.7 Å². The van der Waals surface area contributed by atoms with Crippen molar-refractivity contribution in [2.45, 2.75) is 57.5 Å². The van der Waals surface area contributed by atoms with Gasteiger partial charge < -0.3 is 10.2 Å². The summed E-state index contributed by atoms with van der Waals surface area (Å²) in [5.74, 6) is -0.690. The Morgan fingerprint density at radius 1 is 0.868 bits per heavy atom. The third-order valence-corrected chi connectivity index (χ3v) is 8.13. The van der Waals surface area contributed by atoms with Gasteiger partial charge in [-0.1, -0.05) is 86.5 Å². The predicted octanol–water partition coefficient (Wildman–Crippen LogP) is 4.91. The molecule has 0 aliphatic rings. The second-order valence-electron chi connectivity index (χ2n) is 9.24. The minimum absolute atomic E-state index is 0.0901. The summed E-state index contributed by atoms with van der Waals surface area (Å²) in [7, 11) is -4.05. The van der Waals surface area contributed by atoms with Crippen molar-refractivity contribution in [2.75, 3.05) is 17.4 Å². The van der Waals surface area contributed by atoms with Crippen molar-refractivity contribution >= 4 is 27.5 Å². The van der Waals surface area contributed by atoms with Crippen molar-refractivity contribution in [1.29, 1.82) is 0 Å². The molecule has 3 aromatic rings. The first-order valence-corrected chi connectivity index (χ1v) is 14.5. The van der Waals surface area contributed by atoms with Gasteiger partial charge in [0.25, 0.3) is 10.0 Å². The summed E-state index contributed by atoms with van der Waals surface area (Å²) < 4.78 is 28.6. The number of rotatable bonds is 13. The van der Waals surface area contributed by atoms with Crippen LogP contribution in [0.4, 0.5) is 5.69 Å². The standard InChI is InChI=1S/C30H37N3O4S/c1-4-6-21-31-30(35)28(5-2)32(22-25-13-9-7-10-14-25)29(34)23-33(26-19-17-24(3)18-20-26)38(36,37)27-15-11-8-12-16-27/h7-20,28H,4-6,21-23H2,1-3H3,(H,31,35). The zero-order valence-corrected chi connectivity index (χ0v) is 23.2. The number of nitrogens with one attached hydrogen (secondary N) is 1. The van der Waals surface area contributed by atoms with Crippen molar-refractivity contribution in [1.82, 2.24) is 10.2 Å². The minimum atomic E-state index is -4.05. The van der Waals surface area contributed by atoms with Crippen LogP contribution in [-0.2, 0) is 26.2 Å². The van der Waals surface area contributed by atoms with Crippen LogP contribution >= 0.6 is 0 Å². The molecule has 0 bridgehead atoms. The van der Waals surface area contributed by atoms with Gasteiger partial charge in [0.1, 0.15) is 12.6 Å². The van der Waals surface area contributed by atoms with Crippen LogP contribution in [0.3, 0.4) is 0 Å². The summed E-state index contributed by atoms with van der Waals surface area (Å²) in [5.41, 5.74) is 2.21. The van der Waals surface area contributed by atoms with Gasteiger partial charge in [-0.3, -0.25) is 13.9 Å². The summed E-state index contributed by atoms with van der Waals surface area (Å²) in [4.78, 5) is 28.7. The summed E-state index contributed by atoms with van der Waals surface area (Å²) >= 11 is 0. The first-order valence-electron chi connectivity index (χ1n) is 13.0. The van der Waals surface area contributed by atoms with Crippen LogP contribution in [0, 0.1) is 6.92 Å². The van der Waals surface area contributed by atoms with Gasteiger partial charge in [0.2, 0.25) is 11.8 Å². The van der Waals surface area contributed by atoms with E-state index in [9.17, 15) is 18.0 Å². The lowest BCUT2D eigenvalue weighted by atomic mass is 10.1. The molecule has 0 saturated heterocycles. The van der Waals surface area contributed by atoms with Gasteiger partial charge >= 0.3 is 0 Å². The molecule has 0 fully saturated rings. The van der Waals surface area contributed by atoms with E-state index < -0.39 is 28.5 Å². The minimum Gasteiger partial charge on any atom is -0.354 e. The highest BCUT2D eigenvalue weighted by atomic mass is 32.2. The molecule has 7 nitrogen and oxygen atoms in total. The van der Waals surface area contributed by atoms with Crippen molar-refractivity contribution in [2.24, 2.45) is 0 Å². The molecule has 0 heterocycles. The fourth-order valence-electron chi connectivity index (χ4n) is 4.17. The number of sulfonamides is 1. The summed E-state index contributed by atoms with van der Waals surface area (Å²) in [6, 6.07) is 23.7. The first-order chi connectivity index (χ1) is 18.3. The molecule has 0 aliphatic heterocycles. The highest BCUT2D eigenvalue weighted by molar-refractivity contribution is 7.92. The zero-order valence-electron chi connectivity index (χ0n) is 22.3. The number of amides is 2. The molecule has 3 aromatic carbocycles. The summed E-state index contributed by atoms with van der Waals surface area (Å²) in [6.45, 7) is 6.08. The lowest BCUT2D eigenvalue weighted by Crippen LogP contribution is -2.52. The molecular formula is C30H37N3O4S. The van der Waals surface area contributed by atoms with E-state index in [0.717, 1.165) is 28.3 Å². The molecule has 202 valence electrons. The molecule has 1 atom stereocenters. The van der Waals surface area contributed by atoms with Crippen molar-refractivity contribution in [3.63, 3.8) is 0 Å². The second-order valence-corrected chi connectivity index (χ2v) is 11.1. The van der Waals surface area contributed by atoms with Crippen LogP contribution in [-0.4, -0.2) is 44.3 Å². The Kier molecular flexibility index (Phi) is 10.5.